The average Bonchev–Trinajstić information content (AvgIpc) is 2.74. The topological polar surface area (TPSA) is 46.6 Å². The molecule has 5 heteroatoms. The molecule has 4 nitrogen and oxygen atoms in total. The van der Waals surface area contributed by atoms with E-state index in [1.54, 1.807) is 4.90 Å². The van der Waals surface area contributed by atoms with Gasteiger partial charge < -0.3 is 9.64 Å². The van der Waals surface area contributed by atoms with Crippen molar-refractivity contribution in [1.82, 2.24) is 4.90 Å². The van der Waals surface area contributed by atoms with E-state index in [1.165, 1.54) is 7.11 Å². The minimum Gasteiger partial charge on any atom is -0.467 e. The molecule has 1 rings (SSSR count). The van der Waals surface area contributed by atoms with Crippen molar-refractivity contribution in [2.75, 3.05) is 19.4 Å². The Hall–Kier alpha value is -0.710. The zero-order valence-corrected chi connectivity index (χ0v) is 10.00. The summed E-state index contributed by atoms with van der Waals surface area (Å²) in [6, 6.07) is -0.384. The number of amides is 1. The minimum atomic E-state index is -0.384. The summed E-state index contributed by atoms with van der Waals surface area (Å²) in [4.78, 5) is 24.9. The first-order valence-corrected chi connectivity index (χ1v) is 5.74. The molecule has 0 aromatic carbocycles. The standard InChI is InChI=1S/C10H17NO3S/c1-7(6-15)9(12)11-5-3-4-8(11)10(13)14-2/h7-8,15H,3-6H2,1-2H3/t7-,8-/m0/s1. The Morgan fingerprint density at radius 2 is 2.27 bits per heavy atom. The number of thiol groups is 1. The van der Waals surface area contributed by atoms with E-state index in [-0.39, 0.29) is 23.8 Å². The molecule has 1 aliphatic rings. The molecular formula is C10H17NO3S. The van der Waals surface area contributed by atoms with Gasteiger partial charge in [-0.2, -0.15) is 12.6 Å². The fourth-order valence-electron chi connectivity index (χ4n) is 1.77. The van der Waals surface area contributed by atoms with Crippen LogP contribution in [0.1, 0.15) is 19.8 Å². The Morgan fingerprint density at radius 1 is 1.60 bits per heavy atom. The molecule has 1 saturated heterocycles. The van der Waals surface area contributed by atoms with E-state index in [0.717, 1.165) is 6.42 Å². The molecular weight excluding hydrogens is 214 g/mol. The predicted molar refractivity (Wildman–Crippen MR) is 59.8 cm³/mol. The van der Waals surface area contributed by atoms with Gasteiger partial charge in [0, 0.05) is 18.2 Å². The zero-order chi connectivity index (χ0) is 11.4. The van der Waals surface area contributed by atoms with Crippen LogP contribution in [0.5, 0.6) is 0 Å². The van der Waals surface area contributed by atoms with Crippen LogP contribution in [0.25, 0.3) is 0 Å². The summed E-state index contributed by atoms with van der Waals surface area (Å²) in [7, 11) is 1.35. The van der Waals surface area contributed by atoms with Crippen molar-refractivity contribution >= 4 is 24.5 Å². The van der Waals surface area contributed by atoms with Gasteiger partial charge in [0.25, 0.3) is 0 Å². The Morgan fingerprint density at radius 3 is 2.80 bits per heavy atom. The third kappa shape index (κ3) is 2.65. The zero-order valence-electron chi connectivity index (χ0n) is 9.10. The highest BCUT2D eigenvalue weighted by molar-refractivity contribution is 7.80. The summed E-state index contributed by atoms with van der Waals surface area (Å²) in [6.45, 7) is 2.47. The van der Waals surface area contributed by atoms with Crippen molar-refractivity contribution in [1.29, 1.82) is 0 Å². The molecule has 0 saturated carbocycles. The average molecular weight is 231 g/mol. The number of methoxy groups -OCH3 is 1. The summed E-state index contributed by atoms with van der Waals surface area (Å²) < 4.78 is 4.68. The Balaban J connectivity index is 2.68. The lowest BCUT2D eigenvalue weighted by Crippen LogP contribution is -2.43. The van der Waals surface area contributed by atoms with Crippen LogP contribution in [0.15, 0.2) is 0 Å². The van der Waals surface area contributed by atoms with Crippen molar-refractivity contribution in [3.05, 3.63) is 0 Å². The maximum atomic E-state index is 11.9. The molecule has 0 bridgehead atoms. The lowest BCUT2D eigenvalue weighted by Gasteiger charge is -2.25. The molecule has 1 aliphatic heterocycles. The van der Waals surface area contributed by atoms with Gasteiger partial charge in [-0.25, -0.2) is 4.79 Å². The maximum absolute atomic E-state index is 11.9. The summed E-state index contributed by atoms with van der Waals surface area (Å²) >= 11 is 4.09. The van der Waals surface area contributed by atoms with Crippen molar-refractivity contribution in [2.45, 2.75) is 25.8 Å². The summed E-state index contributed by atoms with van der Waals surface area (Å²) in [6.07, 6.45) is 1.57. The molecule has 15 heavy (non-hydrogen) atoms. The SMILES string of the molecule is COC(=O)[C@@H]1CCCN1C(=O)[C@@H](C)CS. The van der Waals surface area contributed by atoms with Crippen LogP contribution < -0.4 is 0 Å². The van der Waals surface area contributed by atoms with Crippen molar-refractivity contribution in [3.63, 3.8) is 0 Å². The molecule has 86 valence electrons. The summed E-state index contributed by atoms with van der Waals surface area (Å²) in [5, 5.41) is 0. The monoisotopic (exact) mass is 231 g/mol. The van der Waals surface area contributed by atoms with Gasteiger partial charge in [-0.15, -0.1) is 0 Å². The second-order valence-electron chi connectivity index (χ2n) is 3.80. The molecule has 0 aromatic rings. The second-order valence-corrected chi connectivity index (χ2v) is 4.16. The first-order valence-electron chi connectivity index (χ1n) is 5.11. The summed E-state index contributed by atoms with van der Waals surface area (Å²) in [5.74, 6) is 0.0483. The van der Waals surface area contributed by atoms with Crippen LogP contribution in [-0.4, -0.2) is 42.2 Å². The number of hydrogen-bond acceptors (Lipinski definition) is 4. The van der Waals surface area contributed by atoms with Gasteiger partial charge in [0.1, 0.15) is 6.04 Å². The second kappa shape index (κ2) is 5.39. The number of likely N-dealkylation sites (tertiary alicyclic amines) is 1. The quantitative estimate of drug-likeness (QED) is 0.575. The van der Waals surface area contributed by atoms with Crippen molar-refractivity contribution < 1.29 is 14.3 Å². The maximum Gasteiger partial charge on any atom is 0.328 e. The largest absolute Gasteiger partial charge is 0.467 e. The number of carbonyl (C=O) groups excluding carboxylic acids is 2. The van der Waals surface area contributed by atoms with Gasteiger partial charge in [-0.3, -0.25) is 4.79 Å². The van der Waals surface area contributed by atoms with Gasteiger partial charge in [0.15, 0.2) is 0 Å². The van der Waals surface area contributed by atoms with Crippen LogP contribution in [0.4, 0.5) is 0 Å². The number of esters is 1. The Kier molecular flexibility index (Phi) is 4.45. The van der Waals surface area contributed by atoms with E-state index >= 15 is 0 Å². The highest BCUT2D eigenvalue weighted by Gasteiger charge is 2.36. The van der Waals surface area contributed by atoms with Crippen LogP contribution in [0.2, 0.25) is 0 Å². The van der Waals surface area contributed by atoms with Crippen LogP contribution in [-0.2, 0) is 14.3 Å². The fourth-order valence-corrected chi connectivity index (χ4v) is 1.93. The molecule has 1 heterocycles. The van der Waals surface area contributed by atoms with E-state index in [1.807, 2.05) is 6.92 Å². The van der Waals surface area contributed by atoms with Gasteiger partial charge in [-0.05, 0) is 12.8 Å². The van der Waals surface area contributed by atoms with Crippen LogP contribution >= 0.6 is 12.6 Å². The van der Waals surface area contributed by atoms with Gasteiger partial charge in [0.05, 0.1) is 7.11 Å². The lowest BCUT2D eigenvalue weighted by molar-refractivity contribution is -0.151. The van der Waals surface area contributed by atoms with Gasteiger partial charge in [0.2, 0.25) is 5.91 Å². The Labute approximate surface area is 95.4 Å². The van der Waals surface area contributed by atoms with Gasteiger partial charge >= 0.3 is 5.97 Å². The lowest BCUT2D eigenvalue weighted by atomic mass is 10.1. The van der Waals surface area contributed by atoms with Gasteiger partial charge in [-0.1, -0.05) is 6.92 Å². The van der Waals surface area contributed by atoms with Crippen LogP contribution in [0, 0.1) is 5.92 Å². The molecule has 2 atom stereocenters. The summed E-state index contributed by atoms with van der Waals surface area (Å²) in [5.41, 5.74) is 0. The Bertz CT molecular complexity index is 257. The minimum absolute atomic E-state index is 0.00194. The molecule has 0 radical (unpaired) electrons. The van der Waals surface area contributed by atoms with E-state index < -0.39 is 0 Å². The number of nitrogens with zero attached hydrogens (tertiary/aromatic N) is 1. The molecule has 0 aromatic heterocycles. The van der Waals surface area contributed by atoms with Crippen molar-refractivity contribution in [2.24, 2.45) is 5.92 Å². The van der Waals surface area contributed by atoms with E-state index in [4.69, 9.17) is 0 Å². The number of rotatable bonds is 3. The number of ether oxygens (including phenoxy) is 1. The third-order valence-corrected chi connectivity index (χ3v) is 3.25. The van der Waals surface area contributed by atoms with E-state index in [0.29, 0.717) is 18.7 Å². The molecule has 1 fully saturated rings. The number of carbonyl (C=O) groups is 2. The predicted octanol–water partition coefficient (Wildman–Crippen LogP) is 0.716. The molecule has 0 spiro atoms. The first kappa shape index (κ1) is 12.4. The molecule has 0 N–H and O–H groups in total. The highest BCUT2D eigenvalue weighted by atomic mass is 32.1. The normalized spacial score (nSPS) is 22.6. The van der Waals surface area contributed by atoms with E-state index in [9.17, 15) is 9.59 Å². The van der Waals surface area contributed by atoms with Crippen molar-refractivity contribution in [3.8, 4) is 0 Å². The first-order chi connectivity index (χ1) is 7.11. The molecule has 0 unspecified atom stereocenters. The molecule has 1 amide bonds. The number of hydrogen-bond donors (Lipinski definition) is 1. The van der Waals surface area contributed by atoms with Crippen LogP contribution in [0.3, 0.4) is 0 Å². The third-order valence-electron chi connectivity index (χ3n) is 2.70. The fraction of sp³-hybridized carbons (Fsp3) is 0.800. The molecule has 0 aliphatic carbocycles. The van der Waals surface area contributed by atoms with E-state index in [2.05, 4.69) is 17.4 Å². The highest BCUT2D eigenvalue weighted by Crippen LogP contribution is 2.21. The smallest absolute Gasteiger partial charge is 0.328 e.